The summed E-state index contributed by atoms with van der Waals surface area (Å²) in [6.45, 7) is 4.98. The first kappa shape index (κ1) is 10.7. The molecule has 12 heavy (non-hydrogen) atoms. The molecule has 1 unspecified atom stereocenters. The molecule has 0 fully saturated rings. The van der Waals surface area contributed by atoms with Crippen molar-refractivity contribution in [2.24, 2.45) is 0 Å². The molecule has 0 heterocycles. The Morgan fingerprint density at radius 2 is 2.17 bits per heavy atom. The second-order valence-electron chi connectivity index (χ2n) is 2.02. The van der Waals surface area contributed by atoms with Gasteiger partial charge < -0.3 is 9.47 Å². The fourth-order valence-corrected chi connectivity index (χ4v) is 0.534. The Balaban J connectivity index is 4.08. The van der Waals surface area contributed by atoms with Crippen LogP contribution in [0.3, 0.4) is 0 Å². The summed E-state index contributed by atoms with van der Waals surface area (Å²) in [5.74, 6) is -1.07. The lowest BCUT2D eigenvalue weighted by Gasteiger charge is -2.10. The predicted octanol–water partition coefficient (Wildman–Crippen LogP) is 0.667. The van der Waals surface area contributed by atoms with Gasteiger partial charge >= 0.3 is 11.9 Å². The smallest absolute Gasteiger partial charge is 0.351 e. The zero-order chi connectivity index (χ0) is 9.56. The molecular formula is C8H12O4. The summed E-state index contributed by atoms with van der Waals surface area (Å²) >= 11 is 0. The number of carbonyl (C=O) groups is 2. The Kier molecular flexibility index (Phi) is 4.76. The van der Waals surface area contributed by atoms with E-state index in [1.165, 1.54) is 13.2 Å². The van der Waals surface area contributed by atoms with Crippen molar-refractivity contribution in [2.75, 3.05) is 7.11 Å². The number of hydrogen-bond acceptors (Lipinski definition) is 4. The van der Waals surface area contributed by atoms with Crippen molar-refractivity contribution in [2.45, 2.75) is 19.4 Å². The second-order valence-corrected chi connectivity index (χ2v) is 2.02. The molecule has 0 spiro atoms. The maximum Gasteiger partial charge on any atom is 0.351 e. The molecule has 0 rings (SSSR count). The van der Waals surface area contributed by atoms with Gasteiger partial charge in [0.05, 0.1) is 7.11 Å². The highest BCUT2D eigenvalue weighted by Crippen LogP contribution is 1.98. The van der Waals surface area contributed by atoms with Crippen LogP contribution in [0.15, 0.2) is 12.7 Å². The Morgan fingerprint density at radius 1 is 1.58 bits per heavy atom. The molecule has 0 aliphatic rings. The number of esters is 2. The van der Waals surface area contributed by atoms with Gasteiger partial charge in [-0.25, -0.2) is 4.79 Å². The molecule has 0 aliphatic carbocycles. The molecule has 4 heteroatoms. The van der Waals surface area contributed by atoms with Gasteiger partial charge in [0.15, 0.2) is 0 Å². The minimum Gasteiger partial charge on any atom is -0.466 e. The highest BCUT2D eigenvalue weighted by atomic mass is 16.6. The topological polar surface area (TPSA) is 52.6 Å². The van der Waals surface area contributed by atoms with E-state index in [4.69, 9.17) is 0 Å². The Hall–Kier alpha value is -1.32. The van der Waals surface area contributed by atoms with E-state index in [1.54, 1.807) is 6.92 Å². The third-order valence-corrected chi connectivity index (χ3v) is 1.19. The van der Waals surface area contributed by atoms with E-state index in [1.807, 2.05) is 0 Å². The fraction of sp³-hybridized carbons (Fsp3) is 0.500. The summed E-state index contributed by atoms with van der Waals surface area (Å²) in [5, 5.41) is 0. The standard InChI is InChI=1S/C8H12O4/c1-4-6(8(10)11-3)12-7(9)5-2/h4,6H,1,5H2,2-3H3. The summed E-state index contributed by atoms with van der Waals surface area (Å²) in [6.07, 6.45) is 0.461. The third kappa shape index (κ3) is 3.18. The van der Waals surface area contributed by atoms with Gasteiger partial charge in [-0.3, -0.25) is 4.79 Å². The number of carbonyl (C=O) groups excluding carboxylic acids is 2. The monoisotopic (exact) mass is 172 g/mol. The first-order chi connectivity index (χ1) is 5.65. The zero-order valence-corrected chi connectivity index (χ0v) is 7.20. The molecule has 0 aliphatic heterocycles. The highest BCUT2D eigenvalue weighted by Gasteiger charge is 2.18. The maximum atomic E-state index is 10.8. The van der Waals surface area contributed by atoms with Crippen LogP contribution in [0.2, 0.25) is 0 Å². The van der Waals surface area contributed by atoms with Crippen LogP contribution >= 0.6 is 0 Å². The molecule has 0 N–H and O–H groups in total. The average molecular weight is 172 g/mol. The fourth-order valence-electron chi connectivity index (χ4n) is 0.534. The van der Waals surface area contributed by atoms with E-state index < -0.39 is 18.0 Å². The molecule has 0 saturated heterocycles. The van der Waals surface area contributed by atoms with Gasteiger partial charge in [0.2, 0.25) is 6.10 Å². The van der Waals surface area contributed by atoms with Gasteiger partial charge in [0.1, 0.15) is 0 Å². The molecular weight excluding hydrogens is 160 g/mol. The third-order valence-electron chi connectivity index (χ3n) is 1.19. The van der Waals surface area contributed by atoms with Crippen molar-refractivity contribution in [1.29, 1.82) is 0 Å². The summed E-state index contributed by atoms with van der Waals surface area (Å²) in [6, 6.07) is 0. The molecule has 68 valence electrons. The van der Waals surface area contributed by atoms with E-state index in [-0.39, 0.29) is 6.42 Å². The number of rotatable bonds is 4. The summed E-state index contributed by atoms with van der Waals surface area (Å²) in [5.41, 5.74) is 0. The number of ether oxygens (including phenoxy) is 2. The lowest BCUT2D eigenvalue weighted by atomic mass is 10.3. The summed E-state index contributed by atoms with van der Waals surface area (Å²) in [4.78, 5) is 21.5. The van der Waals surface area contributed by atoms with Crippen molar-refractivity contribution < 1.29 is 19.1 Å². The average Bonchev–Trinajstić information content (AvgIpc) is 2.12. The van der Waals surface area contributed by atoms with Crippen molar-refractivity contribution in [3.8, 4) is 0 Å². The number of methoxy groups -OCH3 is 1. The highest BCUT2D eigenvalue weighted by molar-refractivity contribution is 5.80. The van der Waals surface area contributed by atoms with Crippen LogP contribution in [-0.4, -0.2) is 25.2 Å². The van der Waals surface area contributed by atoms with Gasteiger partial charge in [-0.2, -0.15) is 0 Å². The lowest BCUT2D eigenvalue weighted by Crippen LogP contribution is -2.25. The molecule has 0 aromatic rings. The van der Waals surface area contributed by atoms with E-state index in [2.05, 4.69) is 16.1 Å². The molecule has 4 nitrogen and oxygen atoms in total. The Labute approximate surface area is 71.2 Å². The van der Waals surface area contributed by atoms with Crippen molar-refractivity contribution >= 4 is 11.9 Å². The Bertz CT molecular complexity index is 185. The summed E-state index contributed by atoms with van der Waals surface area (Å²) < 4.78 is 9.03. The number of hydrogen-bond donors (Lipinski definition) is 0. The molecule has 1 atom stereocenters. The van der Waals surface area contributed by atoms with Crippen LogP contribution in [0.1, 0.15) is 13.3 Å². The van der Waals surface area contributed by atoms with Gasteiger partial charge in [-0.15, -0.1) is 0 Å². The molecule has 0 radical (unpaired) electrons. The van der Waals surface area contributed by atoms with Gasteiger partial charge in [-0.1, -0.05) is 13.5 Å². The van der Waals surface area contributed by atoms with Crippen LogP contribution in [0.4, 0.5) is 0 Å². The molecule has 0 aromatic heterocycles. The Morgan fingerprint density at radius 3 is 2.50 bits per heavy atom. The first-order valence-corrected chi connectivity index (χ1v) is 3.55. The van der Waals surface area contributed by atoms with Crippen LogP contribution in [-0.2, 0) is 19.1 Å². The molecule has 0 bridgehead atoms. The minimum atomic E-state index is -0.984. The van der Waals surface area contributed by atoms with Crippen LogP contribution < -0.4 is 0 Å². The predicted molar refractivity (Wildman–Crippen MR) is 42.4 cm³/mol. The van der Waals surface area contributed by atoms with Gasteiger partial charge in [0.25, 0.3) is 0 Å². The van der Waals surface area contributed by atoms with Gasteiger partial charge in [-0.05, 0) is 6.08 Å². The van der Waals surface area contributed by atoms with E-state index in [0.29, 0.717) is 0 Å². The van der Waals surface area contributed by atoms with E-state index in [9.17, 15) is 9.59 Å². The lowest BCUT2D eigenvalue weighted by molar-refractivity contribution is -0.162. The zero-order valence-electron chi connectivity index (χ0n) is 7.20. The summed E-state index contributed by atoms with van der Waals surface area (Å²) in [7, 11) is 1.22. The van der Waals surface area contributed by atoms with E-state index >= 15 is 0 Å². The van der Waals surface area contributed by atoms with Crippen molar-refractivity contribution in [3.05, 3.63) is 12.7 Å². The van der Waals surface area contributed by atoms with E-state index in [0.717, 1.165) is 0 Å². The second kappa shape index (κ2) is 5.35. The van der Waals surface area contributed by atoms with Crippen LogP contribution in [0.25, 0.3) is 0 Å². The normalized spacial score (nSPS) is 11.5. The molecule has 0 aromatic carbocycles. The van der Waals surface area contributed by atoms with Crippen molar-refractivity contribution in [1.82, 2.24) is 0 Å². The van der Waals surface area contributed by atoms with Crippen LogP contribution in [0.5, 0.6) is 0 Å². The molecule has 0 saturated carbocycles. The molecule has 0 amide bonds. The van der Waals surface area contributed by atoms with Crippen molar-refractivity contribution in [3.63, 3.8) is 0 Å². The minimum absolute atomic E-state index is 0.224. The van der Waals surface area contributed by atoms with Crippen LogP contribution in [0, 0.1) is 0 Å². The maximum absolute atomic E-state index is 10.8. The quantitative estimate of drug-likeness (QED) is 0.462. The first-order valence-electron chi connectivity index (χ1n) is 3.55. The largest absolute Gasteiger partial charge is 0.466 e. The van der Waals surface area contributed by atoms with Gasteiger partial charge in [0, 0.05) is 6.42 Å². The SMILES string of the molecule is C=CC(OC(=O)CC)C(=O)OC.